The third kappa shape index (κ3) is 2.36. The molecule has 0 atom stereocenters. The molecule has 2 rings (SSSR count). The van der Waals surface area contributed by atoms with Crippen LogP contribution in [-0.2, 0) is 0 Å². The lowest BCUT2D eigenvalue weighted by Gasteiger charge is -2.03. The van der Waals surface area contributed by atoms with Crippen LogP contribution in [0.4, 0.5) is 20.3 Å². The Hall–Kier alpha value is -2.51. The Morgan fingerprint density at radius 1 is 1.24 bits per heavy atom. The molecule has 0 unspecified atom stereocenters. The fourth-order valence-corrected chi connectivity index (χ4v) is 1.17. The van der Waals surface area contributed by atoms with Crippen LogP contribution in [0.3, 0.4) is 0 Å². The molecule has 0 saturated carbocycles. The molecule has 1 aromatic heterocycles. The van der Waals surface area contributed by atoms with Gasteiger partial charge in [-0.1, -0.05) is 0 Å². The number of carbonyl (C=O) groups excluding carboxylic acids is 1. The fraction of sp³-hybridized carbons (Fsp3) is 0. The van der Waals surface area contributed by atoms with E-state index in [2.05, 4.69) is 20.3 Å². The molecule has 1 amide bonds. The highest BCUT2D eigenvalue weighted by Gasteiger charge is 2.16. The predicted octanol–water partition coefficient (Wildman–Crippen LogP) is 1.18. The zero-order chi connectivity index (χ0) is 12.4. The average molecular weight is 240 g/mol. The van der Waals surface area contributed by atoms with E-state index in [1.165, 1.54) is 0 Å². The summed E-state index contributed by atoms with van der Waals surface area (Å²) in [6.07, 6.45) is 0. The van der Waals surface area contributed by atoms with Gasteiger partial charge in [0.05, 0.1) is 0 Å². The van der Waals surface area contributed by atoms with Crippen LogP contribution in [0.15, 0.2) is 22.8 Å². The minimum absolute atomic E-state index is 0.0603. The summed E-state index contributed by atoms with van der Waals surface area (Å²) < 4.78 is 29.9. The van der Waals surface area contributed by atoms with Gasteiger partial charge in [0.1, 0.15) is 11.6 Å². The molecule has 0 bridgehead atoms. The minimum atomic E-state index is -0.813. The summed E-state index contributed by atoms with van der Waals surface area (Å²) in [4.78, 5) is 11.5. The van der Waals surface area contributed by atoms with Gasteiger partial charge >= 0.3 is 0 Å². The van der Waals surface area contributed by atoms with Gasteiger partial charge < -0.3 is 11.1 Å². The number of hydrogen-bond acceptors (Lipinski definition) is 5. The number of nitrogens with zero attached hydrogens (tertiary/aromatic N) is 2. The van der Waals surface area contributed by atoms with Crippen molar-refractivity contribution in [1.82, 2.24) is 10.3 Å². The first-order valence-corrected chi connectivity index (χ1v) is 4.42. The number of nitrogen functional groups attached to an aromatic ring is 1. The molecule has 17 heavy (non-hydrogen) atoms. The van der Waals surface area contributed by atoms with Crippen LogP contribution in [0.5, 0.6) is 0 Å². The van der Waals surface area contributed by atoms with Crippen LogP contribution >= 0.6 is 0 Å². The van der Waals surface area contributed by atoms with E-state index in [1.54, 1.807) is 0 Å². The van der Waals surface area contributed by atoms with Crippen molar-refractivity contribution in [2.45, 2.75) is 0 Å². The van der Waals surface area contributed by atoms with Crippen LogP contribution in [0.25, 0.3) is 0 Å². The van der Waals surface area contributed by atoms with Crippen LogP contribution in [-0.4, -0.2) is 16.2 Å². The Bertz CT molecular complexity index is 550. The molecular formula is C9H6F2N4O2. The number of rotatable bonds is 2. The number of carbonyl (C=O) groups is 1. The second-order valence-electron chi connectivity index (χ2n) is 3.11. The van der Waals surface area contributed by atoms with Gasteiger partial charge in [-0.3, -0.25) is 4.79 Å². The zero-order valence-corrected chi connectivity index (χ0v) is 8.28. The van der Waals surface area contributed by atoms with Gasteiger partial charge in [0.15, 0.2) is 0 Å². The summed E-state index contributed by atoms with van der Waals surface area (Å²) in [5.41, 5.74) is 4.96. The van der Waals surface area contributed by atoms with Crippen molar-refractivity contribution in [3.05, 3.63) is 35.5 Å². The zero-order valence-electron chi connectivity index (χ0n) is 8.28. The van der Waals surface area contributed by atoms with Crippen molar-refractivity contribution in [3.63, 3.8) is 0 Å². The van der Waals surface area contributed by atoms with Gasteiger partial charge in [0.25, 0.3) is 5.91 Å². The third-order valence-electron chi connectivity index (χ3n) is 1.85. The summed E-state index contributed by atoms with van der Waals surface area (Å²) in [7, 11) is 0. The Kier molecular flexibility index (Phi) is 2.69. The first kappa shape index (κ1) is 11.0. The summed E-state index contributed by atoms with van der Waals surface area (Å²) in [5, 5.41) is 8.65. The van der Waals surface area contributed by atoms with Gasteiger partial charge in [-0.2, -0.15) is 0 Å². The van der Waals surface area contributed by atoms with E-state index < -0.39 is 17.5 Å². The number of aromatic nitrogens is 2. The van der Waals surface area contributed by atoms with Crippen molar-refractivity contribution in [3.8, 4) is 0 Å². The first-order valence-electron chi connectivity index (χ1n) is 4.42. The Morgan fingerprint density at radius 3 is 2.41 bits per heavy atom. The van der Waals surface area contributed by atoms with Gasteiger partial charge in [-0.05, 0) is 22.4 Å². The molecular weight excluding hydrogens is 234 g/mol. The summed E-state index contributed by atoms with van der Waals surface area (Å²) in [5.74, 6) is -2.61. The Balaban J connectivity index is 2.21. The Morgan fingerprint density at radius 2 is 1.88 bits per heavy atom. The van der Waals surface area contributed by atoms with Gasteiger partial charge in [-0.15, -0.1) is 0 Å². The highest BCUT2D eigenvalue weighted by molar-refractivity contribution is 6.05. The molecule has 0 spiro atoms. The number of hydrogen-bond donors (Lipinski definition) is 2. The highest BCUT2D eigenvalue weighted by atomic mass is 19.1. The molecule has 1 heterocycles. The summed E-state index contributed by atoms with van der Waals surface area (Å²) in [6.45, 7) is 0. The molecule has 6 nitrogen and oxygen atoms in total. The molecule has 8 heteroatoms. The standard InChI is InChI=1S/C9H6F2N4O2/c10-4-1-5(11)3-6(2-4)13-9(16)7-8(12)15-17-14-7/h1-3H,(H2,12,15)(H,13,16). The number of benzene rings is 1. The average Bonchev–Trinajstić information content (AvgIpc) is 2.62. The third-order valence-corrected chi connectivity index (χ3v) is 1.85. The van der Waals surface area contributed by atoms with E-state index in [1.807, 2.05) is 0 Å². The topological polar surface area (TPSA) is 94.0 Å². The van der Waals surface area contributed by atoms with Crippen LogP contribution in [0.2, 0.25) is 0 Å². The lowest BCUT2D eigenvalue weighted by atomic mass is 10.3. The Labute approximate surface area is 93.4 Å². The number of anilines is 2. The molecule has 3 N–H and O–H groups in total. The van der Waals surface area contributed by atoms with E-state index in [9.17, 15) is 13.6 Å². The van der Waals surface area contributed by atoms with Crippen LogP contribution in [0.1, 0.15) is 10.5 Å². The number of nitrogens with two attached hydrogens (primary N) is 1. The second-order valence-corrected chi connectivity index (χ2v) is 3.11. The molecule has 0 saturated heterocycles. The van der Waals surface area contributed by atoms with Crippen LogP contribution < -0.4 is 11.1 Å². The molecule has 0 aliphatic heterocycles. The minimum Gasteiger partial charge on any atom is -0.379 e. The highest BCUT2D eigenvalue weighted by Crippen LogP contribution is 2.14. The van der Waals surface area contributed by atoms with E-state index in [0.29, 0.717) is 6.07 Å². The largest absolute Gasteiger partial charge is 0.379 e. The lowest BCUT2D eigenvalue weighted by Crippen LogP contribution is -2.14. The van der Waals surface area contributed by atoms with Crippen molar-refractivity contribution in [2.24, 2.45) is 0 Å². The van der Waals surface area contributed by atoms with E-state index in [4.69, 9.17) is 5.73 Å². The number of halogens is 2. The molecule has 1 aromatic carbocycles. The molecule has 88 valence electrons. The summed E-state index contributed by atoms with van der Waals surface area (Å²) in [6, 6.07) is 2.58. The van der Waals surface area contributed by atoms with Gasteiger partial charge in [0, 0.05) is 11.8 Å². The lowest BCUT2D eigenvalue weighted by molar-refractivity contribution is 0.101. The second kappa shape index (κ2) is 4.16. The quantitative estimate of drug-likeness (QED) is 0.821. The first-order chi connectivity index (χ1) is 8.06. The van der Waals surface area contributed by atoms with Crippen molar-refractivity contribution in [2.75, 3.05) is 11.1 Å². The fourth-order valence-electron chi connectivity index (χ4n) is 1.17. The monoisotopic (exact) mass is 240 g/mol. The maximum atomic E-state index is 12.8. The van der Waals surface area contributed by atoms with Crippen LogP contribution in [0, 0.1) is 11.6 Å². The maximum Gasteiger partial charge on any atom is 0.281 e. The van der Waals surface area contributed by atoms with E-state index >= 15 is 0 Å². The number of amides is 1. The molecule has 0 aliphatic rings. The van der Waals surface area contributed by atoms with E-state index in [-0.39, 0.29) is 17.2 Å². The normalized spacial score (nSPS) is 10.2. The molecule has 0 aliphatic carbocycles. The van der Waals surface area contributed by atoms with E-state index in [0.717, 1.165) is 12.1 Å². The SMILES string of the molecule is Nc1nonc1C(=O)Nc1cc(F)cc(F)c1. The molecule has 0 radical (unpaired) electrons. The number of nitrogens with one attached hydrogen (secondary N) is 1. The van der Waals surface area contributed by atoms with Crippen molar-refractivity contribution in [1.29, 1.82) is 0 Å². The van der Waals surface area contributed by atoms with Gasteiger partial charge in [-0.25, -0.2) is 13.4 Å². The predicted molar refractivity (Wildman–Crippen MR) is 53.0 cm³/mol. The molecule has 0 fully saturated rings. The van der Waals surface area contributed by atoms with Gasteiger partial charge in [0.2, 0.25) is 11.5 Å². The summed E-state index contributed by atoms with van der Waals surface area (Å²) >= 11 is 0. The van der Waals surface area contributed by atoms with Crippen molar-refractivity contribution < 1.29 is 18.2 Å². The molecule has 2 aromatic rings. The maximum absolute atomic E-state index is 12.8. The van der Waals surface area contributed by atoms with Crippen molar-refractivity contribution >= 4 is 17.4 Å². The smallest absolute Gasteiger partial charge is 0.281 e.